The molecule has 1 saturated carbocycles. The highest BCUT2D eigenvalue weighted by molar-refractivity contribution is 5.81. The highest BCUT2D eigenvalue weighted by Crippen LogP contribution is 2.48. The molecule has 2 fully saturated rings. The molecule has 2 N–H and O–H groups in total. The molecule has 3 nitrogen and oxygen atoms in total. The molecular formula is C15H32N2O. The van der Waals surface area contributed by atoms with Crippen molar-refractivity contribution in [2.45, 2.75) is 72.8 Å². The largest absolute Gasteiger partial charge is 0.341 e. The van der Waals surface area contributed by atoms with Gasteiger partial charge in [-0.2, -0.15) is 0 Å². The Bertz CT molecular complexity index is 225. The van der Waals surface area contributed by atoms with E-state index in [0.29, 0.717) is 5.41 Å². The second kappa shape index (κ2) is 8.52. The van der Waals surface area contributed by atoms with E-state index in [4.69, 9.17) is 5.73 Å². The summed E-state index contributed by atoms with van der Waals surface area (Å²) in [5, 5.41) is 0. The van der Waals surface area contributed by atoms with Crippen LogP contribution in [0.4, 0.5) is 0 Å². The first kappa shape index (κ1) is 17.4. The molecule has 0 aromatic heterocycles. The van der Waals surface area contributed by atoms with Crippen LogP contribution in [0.25, 0.3) is 0 Å². The van der Waals surface area contributed by atoms with Crippen molar-refractivity contribution in [1.82, 2.24) is 4.90 Å². The molecule has 18 heavy (non-hydrogen) atoms. The number of rotatable bonds is 1. The lowest BCUT2D eigenvalue weighted by molar-refractivity contribution is -0.135. The smallest absolute Gasteiger partial charge is 0.239 e. The van der Waals surface area contributed by atoms with Gasteiger partial charge in [0.1, 0.15) is 0 Å². The Morgan fingerprint density at radius 2 is 1.50 bits per heavy atom. The highest BCUT2D eigenvalue weighted by Gasteiger charge is 2.40. The van der Waals surface area contributed by atoms with Crippen LogP contribution in [0.15, 0.2) is 0 Å². The van der Waals surface area contributed by atoms with Gasteiger partial charge in [-0.3, -0.25) is 4.79 Å². The Morgan fingerprint density at radius 1 is 1.06 bits per heavy atom. The van der Waals surface area contributed by atoms with E-state index in [-0.39, 0.29) is 11.9 Å². The summed E-state index contributed by atoms with van der Waals surface area (Å²) in [6, 6.07) is -0.328. The standard InChI is InChI=1S/C11H20N2O.2C2H6/c1-9(12)10(14)13-7-5-11(6-8-13)3-2-4-11;2*1-2/h9H,2-8,12H2,1H3;2*1-2H3. The third-order valence-corrected chi connectivity index (χ3v) is 3.94. The zero-order chi connectivity index (χ0) is 14.2. The molecule has 1 aliphatic carbocycles. The third-order valence-electron chi connectivity index (χ3n) is 3.94. The van der Waals surface area contributed by atoms with Crippen molar-refractivity contribution in [1.29, 1.82) is 0 Å². The van der Waals surface area contributed by atoms with Crippen molar-refractivity contribution < 1.29 is 4.79 Å². The number of carbonyl (C=O) groups is 1. The first-order valence-corrected chi connectivity index (χ1v) is 7.67. The first-order valence-electron chi connectivity index (χ1n) is 7.67. The lowest BCUT2D eigenvalue weighted by Crippen LogP contribution is -2.50. The topological polar surface area (TPSA) is 46.3 Å². The van der Waals surface area contributed by atoms with Gasteiger partial charge in [0.15, 0.2) is 0 Å². The molecule has 3 heteroatoms. The Kier molecular flexibility index (Phi) is 8.25. The van der Waals surface area contributed by atoms with Crippen LogP contribution in [0.3, 0.4) is 0 Å². The SMILES string of the molecule is CC.CC.CC(N)C(=O)N1CCC2(CCC2)CC1. The summed E-state index contributed by atoms with van der Waals surface area (Å²) in [5.74, 6) is 0.124. The van der Waals surface area contributed by atoms with Gasteiger partial charge < -0.3 is 10.6 Å². The van der Waals surface area contributed by atoms with Gasteiger partial charge in [0, 0.05) is 13.1 Å². The Hall–Kier alpha value is -0.570. The fourth-order valence-electron chi connectivity index (χ4n) is 2.67. The molecule has 0 bridgehead atoms. The number of amides is 1. The predicted octanol–water partition coefficient (Wildman–Crippen LogP) is 3.18. The average molecular weight is 256 g/mol. The number of hydrogen-bond acceptors (Lipinski definition) is 2. The van der Waals surface area contributed by atoms with E-state index in [1.807, 2.05) is 32.6 Å². The lowest BCUT2D eigenvalue weighted by atomic mass is 9.63. The Balaban J connectivity index is 0.000000659. The minimum Gasteiger partial charge on any atom is -0.341 e. The fraction of sp³-hybridized carbons (Fsp3) is 0.933. The van der Waals surface area contributed by atoms with E-state index in [2.05, 4.69) is 0 Å². The van der Waals surface area contributed by atoms with Gasteiger partial charge >= 0.3 is 0 Å². The van der Waals surface area contributed by atoms with E-state index in [1.165, 1.54) is 32.1 Å². The van der Waals surface area contributed by atoms with Crippen LogP contribution in [0, 0.1) is 5.41 Å². The van der Waals surface area contributed by atoms with Crippen LogP contribution in [0.2, 0.25) is 0 Å². The van der Waals surface area contributed by atoms with Gasteiger partial charge in [-0.25, -0.2) is 0 Å². The van der Waals surface area contributed by atoms with E-state index in [0.717, 1.165) is 13.1 Å². The molecule has 2 aliphatic rings. The van der Waals surface area contributed by atoms with Crippen LogP contribution >= 0.6 is 0 Å². The molecule has 108 valence electrons. The summed E-state index contributed by atoms with van der Waals surface area (Å²) in [4.78, 5) is 13.6. The summed E-state index contributed by atoms with van der Waals surface area (Å²) in [6.45, 7) is 11.6. The molecule has 0 aromatic carbocycles. The van der Waals surface area contributed by atoms with Crippen molar-refractivity contribution in [3.05, 3.63) is 0 Å². The van der Waals surface area contributed by atoms with Gasteiger partial charge in [-0.05, 0) is 38.0 Å². The van der Waals surface area contributed by atoms with Crippen molar-refractivity contribution in [2.75, 3.05) is 13.1 Å². The zero-order valence-corrected chi connectivity index (χ0v) is 13.0. The number of likely N-dealkylation sites (tertiary alicyclic amines) is 1. The van der Waals surface area contributed by atoms with Gasteiger partial charge in [-0.15, -0.1) is 0 Å². The molecular weight excluding hydrogens is 224 g/mol. The summed E-state index contributed by atoms with van der Waals surface area (Å²) in [7, 11) is 0. The normalized spacial score (nSPS) is 21.8. The fourth-order valence-corrected chi connectivity index (χ4v) is 2.67. The van der Waals surface area contributed by atoms with E-state index < -0.39 is 0 Å². The Labute approximate surface area is 113 Å². The predicted molar refractivity (Wildman–Crippen MR) is 78.4 cm³/mol. The highest BCUT2D eigenvalue weighted by atomic mass is 16.2. The van der Waals surface area contributed by atoms with Crippen LogP contribution in [0.1, 0.15) is 66.7 Å². The molecule has 1 saturated heterocycles. The second-order valence-electron chi connectivity index (χ2n) is 4.97. The van der Waals surface area contributed by atoms with Crippen LogP contribution < -0.4 is 5.73 Å². The van der Waals surface area contributed by atoms with Crippen molar-refractivity contribution >= 4 is 5.91 Å². The van der Waals surface area contributed by atoms with E-state index in [1.54, 1.807) is 6.92 Å². The molecule has 1 amide bonds. The molecule has 1 atom stereocenters. The molecule has 2 rings (SSSR count). The van der Waals surface area contributed by atoms with Crippen LogP contribution in [-0.4, -0.2) is 29.9 Å². The first-order chi connectivity index (χ1) is 8.63. The van der Waals surface area contributed by atoms with Gasteiger partial charge in [-0.1, -0.05) is 34.1 Å². The number of hydrogen-bond donors (Lipinski definition) is 1. The van der Waals surface area contributed by atoms with Crippen LogP contribution in [0.5, 0.6) is 0 Å². The zero-order valence-electron chi connectivity index (χ0n) is 13.0. The number of carbonyl (C=O) groups excluding carboxylic acids is 1. The maximum atomic E-state index is 11.6. The van der Waals surface area contributed by atoms with E-state index in [9.17, 15) is 4.79 Å². The van der Waals surface area contributed by atoms with Crippen LogP contribution in [-0.2, 0) is 4.79 Å². The van der Waals surface area contributed by atoms with Gasteiger partial charge in [0.25, 0.3) is 0 Å². The molecule has 1 heterocycles. The third kappa shape index (κ3) is 4.27. The van der Waals surface area contributed by atoms with Gasteiger partial charge in [0.2, 0.25) is 5.91 Å². The summed E-state index contributed by atoms with van der Waals surface area (Å²) in [6.07, 6.45) is 6.55. The molecule has 1 unspecified atom stereocenters. The number of nitrogens with two attached hydrogens (primary N) is 1. The number of nitrogens with zero attached hydrogens (tertiary/aromatic N) is 1. The average Bonchev–Trinajstić information content (AvgIpc) is 2.41. The van der Waals surface area contributed by atoms with Crippen molar-refractivity contribution in [2.24, 2.45) is 11.1 Å². The second-order valence-corrected chi connectivity index (χ2v) is 4.97. The molecule has 0 radical (unpaired) electrons. The number of piperidine rings is 1. The maximum Gasteiger partial charge on any atom is 0.239 e. The summed E-state index contributed by atoms with van der Waals surface area (Å²) >= 11 is 0. The monoisotopic (exact) mass is 256 g/mol. The molecule has 1 spiro atoms. The minimum atomic E-state index is -0.328. The maximum absolute atomic E-state index is 11.6. The molecule has 0 aromatic rings. The van der Waals surface area contributed by atoms with Crippen molar-refractivity contribution in [3.8, 4) is 0 Å². The Morgan fingerprint density at radius 3 is 1.78 bits per heavy atom. The summed E-state index contributed by atoms with van der Waals surface area (Å²) < 4.78 is 0. The van der Waals surface area contributed by atoms with Gasteiger partial charge in [0.05, 0.1) is 6.04 Å². The quantitative estimate of drug-likeness (QED) is 0.783. The van der Waals surface area contributed by atoms with Crippen molar-refractivity contribution in [3.63, 3.8) is 0 Å². The van der Waals surface area contributed by atoms with E-state index >= 15 is 0 Å². The molecule has 1 aliphatic heterocycles. The minimum absolute atomic E-state index is 0.124. The summed E-state index contributed by atoms with van der Waals surface area (Å²) in [5.41, 5.74) is 6.21. The lowest BCUT2D eigenvalue weighted by Gasteiger charge is -2.48.